The van der Waals surface area contributed by atoms with Gasteiger partial charge in [0.05, 0.1) is 6.21 Å². The molecule has 0 spiro atoms. The van der Waals surface area contributed by atoms with Crippen molar-refractivity contribution in [2.75, 3.05) is 6.61 Å². The number of hydrazone groups is 1. The molecular formula is C22H19FN2O2. The minimum Gasteiger partial charge on any atom is -0.483 e. The molecule has 27 heavy (non-hydrogen) atoms. The van der Waals surface area contributed by atoms with E-state index in [2.05, 4.69) is 10.5 Å². The number of nitrogens with zero attached hydrogens (tertiary/aromatic N) is 1. The standard InChI is InChI=1S/C22H19FN2O2/c23-20-11-6-9-18(14-20)15-24-25-22(26)16-27-21-12-5-4-10-19(21)13-17-7-2-1-3-8-17/h1-12,14-15H,13,16H2,(H,25,26)/b24-15-. The normalized spacial score (nSPS) is 10.7. The highest BCUT2D eigenvalue weighted by molar-refractivity contribution is 5.82. The van der Waals surface area contributed by atoms with Crippen LogP contribution in [-0.4, -0.2) is 18.7 Å². The lowest BCUT2D eigenvalue weighted by molar-refractivity contribution is -0.123. The van der Waals surface area contributed by atoms with E-state index in [9.17, 15) is 9.18 Å². The Labute approximate surface area is 157 Å². The van der Waals surface area contributed by atoms with Crippen LogP contribution in [0.4, 0.5) is 4.39 Å². The lowest BCUT2D eigenvalue weighted by Gasteiger charge is -2.11. The predicted octanol–water partition coefficient (Wildman–Crippen LogP) is 3.95. The van der Waals surface area contributed by atoms with Crippen molar-refractivity contribution < 1.29 is 13.9 Å². The van der Waals surface area contributed by atoms with Crippen molar-refractivity contribution in [1.82, 2.24) is 5.43 Å². The molecule has 3 aromatic carbocycles. The van der Waals surface area contributed by atoms with Crippen LogP contribution in [0.2, 0.25) is 0 Å². The molecule has 5 heteroatoms. The van der Waals surface area contributed by atoms with Crippen LogP contribution >= 0.6 is 0 Å². The lowest BCUT2D eigenvalue weighted by atomic mass is 10.0. The largest absolute Gasteiger partial charge is 0.483 e. The maximum Gasteiger partial charge on any atom is 0.277 e. The molecule has 0 aromatic heterocycles. The molecule has 0 saturated carbocycles. The van der Waals surface area contributed by atoms with Gasteiger partial charge in [-0.05, 0) is 34.9 Å². The van der Waals surface area contributed by atoms with E-state index >= 15 is 0 Å². The molecule has 0 fully saturated rings. The van der Waals surface area contributed by atoms with Crippen molar-refractivity contribution in [3.05, 3.63) is 101 Å². The van der Waals surface area contributed by atoms with Crippen LogP contribution in [0.25, 0.3) is 0 Å². The number of para-hydroxylation sites is 1. The maximum atomic E-state index is 13.1. The van der Waals surface area contributed by atoms with E-state index in [1.807, 2.05) is 54.6 Å². The lowest BCUT2D eigenvalue weighted by Crippen LogP contribution is -2.24. The van der Waals surface area contributed by atoms with Gasteiger partial charge in [0.15, 0.2) is 6.61 Å². The molecule has 1 N–H and O–H groups in total. The first kappa shape index (κ1) is 18.3. The number of amides is 1. The van der Waals surface area contributed by atoms with Crippen LogP contribution in [0.1, 0.15) is 16.7 Å². The number of benzene rings is 3. The van der Waals surface area contributed by atoms with Crippen molar-refractivity contribution >= 4 is 12.1 Å². The van der Waals surface area contributed by atoms with Gasteiger partial charge in [-0.3, -0.25) is 4.79 Å². The Kier molecular flexibility index (Phi) is 6.30. The topological polar surface area (TPSA) is 50.7 Å². The predicted molar refractivity (Wildman–Crippen MR) is 103 cm³/mol. The minimum absolute atomic E-state index is 0.160. The first-order valence-corrected chi connectivity index (χ1v) is 8.53. The minimum atomic E-state index is -0.392. The van der Waals surface area contributed by atoms with Gasteiger partial charge in [0, 0.05) is 6.42 Å². The van der Waals surface area contributed by atoms with Gasteiger partial charge >= 0.3 is 0 Å². The van der Waals surface area contributed by atoms with E-state index in [4.69, 9.17) is 4.74 Å². The summed E-state index contributed by atoms with van der Waals surface area (Å²) >= 11 is 0. The Morgan fingerprint density at radius 1 is 1.00 bits per heavy atom. The first-order valence-electron chi connectivity index (χ1n) is 8.53. The Balaban J connectivity index is 1.54. The zero-order valence-corrected chi connectivity index (χ0v) is 14.6. The third-order valence-corrected chi connectivity index (χ3v) is 3.82. The SMILES string of the molecule is O=C(COc1ccccc1Cc1ccccc1)N/N=C\c1cccc(F)c1. The molecule has 0 aliphatic rings. The molecule has 0 radical (unpaired) electrons. The van der Waals surface area contributed by atoms with Crippen LogP contribution in [0, 0.1) is 5.82 Å². The summed E-state index contributed by atoms with van der Waals surface area (Å²) in [7, 11) is 0. The molecule has 0 aliphatic carbocycles. The smallest absolute Gasteiger partial charge is 0.277 e. The summed E-state index contributed by atoms with van der Waals surface area (Å²) in [5.74, 6) is -0.0913. The van der Waals surface area contributed by atoms with Gasteiger partial charge in [0.2, 0.25) is 0 Å². The molecular weight excluding hydrogens is 343 g/mol. The van der Waals surface area contributed by atoms with Gasteiger partial charge in [-0.15, -0.1) is 0 Å². The van der Waals surface area contributed by atoms with Gasteiger partial charge in [0.25, 0.3) is 5.91 Å². The van der Waals surface area contributed by atoms with Crippen molar-refractivity contribution in [2.24, 2.45) is 5.10 Å². The van der Waals surface area contributed by atoms with Gasteiger partial charge in [-0.1, -0.05) is 60.7 Å². The number of halogens is 1. The molecule has 0 unspecified atom stereocenters. The fourth-order valence-electron chi connectivity index (χ4n) is 2.55. The summed E-state index contributed by atoms with van der Waals surface area (Å²) in [5, 5.41) is 3.81. The summed E-state index contributed by atoms with van der Waals surface area (Å²) in [6.45, 7) is -0.160. The number of carbonyl (C=O) groups excluding carboxylic acids is 1. The second kappa shape index (κ2) is 9.29. The molecule has 136 valence electrons. The van der Waals surface area contributed by atoms with E-state index in [1.54, 1.807) is 12.1 Å². The molecule has 0 aliphatic heterocycles. The highest BCUT2D eigenvalue weighted by Crippen LogP contribution is 2.21. The van der Waals surface area contributed by atoms with Gasteiger partial charge in [-0.2, -0.15) is 5.10 Å². The third-order valence-electron chi connectivity index (χ3n) is 3.82. The number of hydrogen-bond acceptors (Lipinski definition) is 3. The Bertz CT molecular complexity index is 926. The van der Waals surface area contributed by atoms with Crippen LogP contribution in [-0.2, 0) is 11.2 Å². The second-order valence-electron chi connectivity index (χ2n) is 5.91. The molecule has 0 saturated heterocycles. The summed E-state index contributed by atoms with van der Waals surface area (Å²) in [6.07, 6.45) is 2.10. The highest BCUT2D eigenvalue weighted by Gasteiger charge is 2.07. The Morgan fingerprint density at radius 2 is 1.78 bits per heavy atom. The molecule has 3 aromatic rings. The monoisotopic (exact) mass is 362 g/mol. The number of hydrogen-bond donors (Lipinski definition) is 1. The van der Waals surface area contributed by atoms with Gasteiger partial charge in [-0.25, -0.2) is 9.82 Å². The summed E-state index contributed by atoms with van der Waals surface area (Å²) < 4.78 is 18.7. The molecule has 0 atom stereocenters. The number of ether oxygens (including phenoxy) is 1. The third kappa shape index (κ3) is 5.78. The number of nitrogens with one attached hydrogen (secondary N) is 1. The second-order valence-corrected chi connectivity index (χ2v) is 5.91. The van der Waals surface area contributed by atoms with Gasteiger partial charge in [0.1, 0.15) is 11.6 Å². The quantitative estimate of drug-likeness (QED) is 0.511. The first-order chi connectivity index (χ1) is 13.2. The molecule has 3 rings (SSSR count). The Morgan fingerprint density at radius 3 is 2.59 bits per heavy atom. The van der Waals surface area contributed by atoms with Crippen LogP contribution in [0.15, 0.2) is 84.0 Å². The maximum absolute atomic E-state index is 13.1. The average molecular weight is 362 g/mol. The van der Waals surface area contributed by atoms with Crippen molar-refractivity contribution in [2.45, 2.75) is 6.42 Å². The van der Waals surface area contributed by atoms with Crippen molar-refractivity contribution in [3.8, 4) is 5.75 Å². The molecule has 1 amide bonds. The summed E-state index contributed by atoms with van der Waals surface area (Å²) in [6, 6.07) is 23.6. The van der Waals surface area contributed by atoms with E-state index in [-0.39, 0.29) is 12.4 Å². The van der Waals surface area contributed by atoms with Crippen LogP contribution < -0.4 is 10.2 Å². The Hall–Kier alpha value is -3.47. The van der Waals surface area contributed by atoms with Crippen LogP contribution in [0.5, 0.6) is 5.75 Å². The molecule has 0 heterocycles. The van der Waals surface area contributed by atoms with E-state index in [0.717, 1.165) is 17.5 Å². The highest BCUT2D eigenvalue weighted by atomic mass is 19.1. The zero-order valence-electron chi connectivity index (χ0n) is 14.6. The van der Waals surface area contributed by atoms with Crippen molar-refractivity contribution in [1.29, 1.82) is 0 Å². The summed E-state index contributed by atoms with van der Waals surface area (Å²) in [5.41, 5.74) is 5.10. The van der Waals surface area contributed by atoms with E-state index in [1.165, 1.54) is 18.3 Å². The average Bonchev–Trinajstić information content (AvgIpc) is 2.68. The fraction of sp³-hybridized carbons (Fsp3) is 0.0909. The number of rotatable bonds is 7. The summed E-state index contributed by atoms with van der Waals surface area (Å²) in [4.78, 5) is 11.9. The number of carbonyl (C=O) groups is 1. The molecule has 0 bridgehead atoms. The van der Waals surface area contributed by atoms with Gasteiger partial charge < -0.3 is 4.74 Å². The zero-order chi connectivity index (χ0) is 18.9. The fourth-order valence-corrected chi connectivity index (χ4v) is 2.55. The van der Waals surface area contributed by atoms with E-state index in [0.29, 0.717) is 11.3 Å². The van der Waals surface area contributed by atoms with Crippen molar-refractivity contribution in [3.63, 3.8) is 0 Å². The van der Waals surface area contributed by atoms with E-state index < -0.39 is 5.91 Å². The van der Waals surface area contributed by atoms with Crippen LogP contribution in [0.3, 0.4) is 0 Å². The molecule has 4 nitrogen and oxygen atoms in total.